The van der Waals surface area contributed by atoms with Crippen molar-refractivity contribution in [1.82, 2.24) is 0 Å². The Morgan fingerprint density at radius 2 is 2.15 bits per heavy atom. The van der Waals surface area contributed by atoms with E-state index in [-0.39, 0.29) is 5.78 Å². The van der Waals surface area contributed by atoms with Crippen LogP contribution in [0.3, 0.4) is 0 Å². The molecule has 0 radical (unpaired) electrons. The first-order valence-electron chi connectivity index (χ1n) is 4.63. The first-order chi connectivity index (χ1) is 6.31. The van der Waals surface area contributed by atoms with E-state index in [1.807, 2.05) is 25.1 Å². The van der Waals surface area contributed by atoms with E-state index in [4.69, 9.17) is 0 Å². The van der Waals surface area contributed by atoms with E-state index in [0.717, 1.165) is 12.0 Å². The molecule has 2 rings (SSSR count). The lowest BCUT2D eigenvalue weighted by Crippen LogP contribution is -1.99. The number of allylic oxidation sites excluding steroid dienone is 1. The van der Waals surface area contributed by atoms with Crippen LogP contribution in [0.2, 0.25) is 0 Å². The fourth-order valence-corrected chi connectivity index (χ4v) is 1.69. The molecular weight excluding hydrogens is 160 g/mol. The van der Waals surface area contributed by atoms with Crippen molar-refractivity contribution in [3.05, 3.63) is 41.0 Å². The number of Topliss-reactive ketones (excluding diaryl/α,β-unsaturated/α-hetero) is 1. The van der Waals surface area contributed by atoms with E-state index in [2.05, 4.69) is 12.1 Å². The Balaban J connectivity index is 2.31. The molecule has 13 heavy (non-hydrogen) atoms. The Hall–Kier alpha value is -1.37. The van der Waals surface area contributed by atoms with Crippen LogP contribution in [0.15, 0.2) is 29.8 Å². The van der Waals surface area contributed by atoms with Crippen molar-refractivity contribution in [2.24, 2.45) is 0 Å². The highest BCUT2D eigenvalue weighted by molar-refractivity contribution is 6.01. The summed E-state index contributed by atoms with van der Waals surface area (Å²) in [5, 5.41) is 0. The topological polar surface area (TPSA) is 17.1 Å². The van der Waals surface area contributed by atoms with Crippen LogP contribution in [-0.2, 0) is 11.2 Å². The lowest BCUT2D eigenvalue weighted by atomic mass is 10.1. The van der Waals surface area contributed by atoms with E-state index in [1.165, 1.54) is 11.1 Å². The van der Waals surface area contributed by atoms with Gasteiger partial charge in [0.25, 0.3) is 0 Å². The molecule has 1 aromatic rings. The Kier molecular flexibility index (Phi) is 2.01. The molecule has 0 unspecified atom stereocenters. The van der Waals surface area contributed by atoms with Gasteiger partial charge in [-0.25, -0.2) is 0 Å². The number of hydrogen-bond acceptors (Lipinski definition) is 1. The molecule has 0 N–H and O–H groups in total. The SMILES string of the molecule is CCC(=O)C1=Cc2ccccc2C1. The number of carbonyl (C=O) groups is 1. The van der Waals surface area contributed by atoms with Gasteiger partial charge in [-0.2, -0.15) is 0 Å². The van der Waals surface area contributed by atoms with Crippen LogP contribution in [0.1, 0.15) is 24.5 Å². The third kappa shape index (κ3) is 1.42. The largest absolute Gasteiger partial charge is 0.295 e. The van der Waals surface area contributed by atoms with Crippen molar-refractivity contribution in [3.63, 3.8) is 0 Å². The molecule has 0 amide bonds. The maximum atomic E-state index is 11.4. The van der Waals surface area contributed by atoms with Crippen LogP contribution in [0.25, 0.3) is 6.08 Å². The Bertz CT molecular complexity index is 374. The van der Waals surface area contributed by atoms with Gasteiger partial charge >= 0.3 is 0 Å². The number of benzene rings is 1. The summed E-state index contributed by atoms with van der Waals surface area (Å²) >= 11 is 0. The van der Waals surface area contributed by atoms with E-state index < -0.39 is 0 Å². The first-order valence-corrected chi connectivity index (χ1v) is 4.63. The van der Waals surface area contributed by atoms with Crippen LogP contribution in [0.5, 0.6) is 0 Å². The Morgan fingerprint density at radius 3 is 2.85 bits per heavy atom. The van der Waals surface area contributed by atoms with Crippen molar-refractivity contribution in [2.75, 3.05) is 0 Å². The molecule has 0 bridgehead atoms. The lowest BCUT2D eigenvalue weighted by molar-refractivity contribution is -0.115. The molecule has 0 saturated carbocycles. The minimum atomic E-state index is 0.274. The fraction of sp³-hybridized carbons (Fsp3) is 0.250. The summed E-state index contributed by atoms with van der Waals surface area (Å²) in [6.07, 6.45) is 3.45. The number of ketones is 1. The Labute approximate surface area is 78.1 Å². The van der Waals surface area contributed by atoms with Gasteiger partial charge in [-0.15, -0.1) is 0 Å². The van der Waals surface area contributed by atoms with Crippen LogP contribution < -0.4 is 0 Å². The molecular formula is C12H12O. The monoisotopic (exact) mass is 172 g/mol. The molecule has 66 valence electrons. The average molecular weight is 172 g/mol. The minimum Gasteiger partial charge on any atom is -0.295 e. The molecule has 0 aliphatic heterocycles. The quantitative estimate of drug-likeness (QED) is 0.670. The first kappa shape index (κ1) is 8.24. The number of carbonyl (C=O) groups excluding carboxylic acids is 1. The van der Waals surface area contributed by atoms with Gasteiger partial charge in [-0.1, -0.05) is 31.2 Å². The zero-order chi connectivity index (χ0) is 9.26. The highest BCUT2D eigenvalue weighted by Crippen LogP contribution is 2.25. The third-order valence-corrected chi connectivity index (χ3v) is 2.44. The van der Waals surface area contributed by atoms with E-state index >= 15 is 0 Å². The van der Waals surface area contributed by atoms with Gasteiger partial charge in [0.1, 0.15) is 0 Å². The second-order valence-corrected chi connectivity index (χ2v) is 3.32. The molecule has 0 fully saturated rings. The maximum Gasteiger partial charge on any atom is 0.158 e. The van der Waals surface area contributed by atoms with E-state index in [0.29, 0.717) is 6.42 Å². The zero-order valence-corrected chi connectivity index (χ0v) is 7.71. The molecule has 0 saturated heterocycles. The molecule has 1 nitrogen and oxygen atoms in total. The van der Waals surface area contributed by atoms with Gasteiger partial charge in [-0.05, 0) is 17.2 Å². The van der Waals surface area contributed by atoms with Gasteiger partial charge in [0, 0.05) is 18.4 Å². The summed E-state index contributed by atoms with van der Waals surface area (Å²) in [6, 6.07) is 8.17. The van der Waals surface area contributed by atoms with Gasteiger partial charge in [-0.3, -0.25) is 4.79 Å². The molecule has 1 aliphatic rings. The summed E-state index contributed by atoms with van der Waals surface area (Å²) in [5.74, 6) is 0.274. The van der Waals surface area contributed by atoms with Gasteiger partial charge in [0.05, 0.1) is 0 Å². The summed E-state index contributed by atoms with van der Waals surface area (Å²) in [5.41, 5.74) is 3.45. The predicted molar refractivity (Wildman–Crippen MR) is 53.4 cm³/mol. The van der Waals surface area contributed by atoms with Gasteiger partial charge in [0.2, 0.25) is 0 Å². The number of rotatable bonds is 2. The van der Waals surface area contributed by atoms with Crippen LogP contribution in [-0.4, -0.2) is 5.78 Å². The van der Waals surface area contributed by atoms with E-state index in [1.54, 1.807) is 0 Å². The van der Waals surface area contributed by atoms with Crippen molar-refractivity contribution < 1.29 is 4.79 Å². The molecule has 1 heteroatoms. The van der Waals surface area contributed by atoms with E-state index in [9.17, 15) is 4.79 Å². The number of fused-ring (bicyclic) bond motifs is 1. The molecule has 1 aromatic carbocycles. The molecule has 0 aromatic heterocycles. The third-order valence-electron chi connectivity index (χ3n) is 2.44. The number of hydrogen-bond donors (Lipinski definition) is 0. The summed E-state index contributed by atoms with van der Waals surface area (Å²) < 4.78 is 0. The highest BCUT2D eigenvalue weighted by atomic mass is 16.1. The van der Waals surface area contributed by atoms with Crippen LogP contribution >= 0.6 is 0 Å². The van der Waals surface area contributed by atoms with Gasteiger partial charge < -0.3 is 0 Å². The molecule has 0 atom stereocenters. The van der Waals surface area contributed by atoms with Crippen molar-refractivity contribution in [2.45, 2.75) is 19.8 Å². The molecule has 1 aliphatic carbocycles. The van der Waals surface area contributed by atoms with Crippen LogP contribution in [0.4, 0.5) is 0 Å². The normalized spacial score (nSPS) is 13.8. The smallest absolute Gasteiger partial charge is 0.158 e. The summed E-state index contributed by atoms with van der Waals surface area (Å²) in [7, 11) is 0. The van der Waals surface area contributed by atoms with Crippen molar-refractivity contribution in [3.8, 4) is 0 Å². The summed E-state index contributed by atoms with van der Waals surface area (Å²) in [4.78, 5) is 11.4. The maximum absolute atomic E-state index is 11.4. The molecule has 0 heterocycles. The second kappa shape index (κ2) is 3.17. The average Bonchev–Trinajstić information content (AvgIpc) is 2.59. The minimum absolute atomic E-state index is 0.274. The standard InChI is InChI=1S/C12H12O/c1-2-12(13)11-7-9-5-3-4-6-10(9)8-11/h3-7H,2,8H2,1H3. The fourth-order valence-electron chi connectivity index (χ4n) is 1.69. The second-order valence-electron chi connectivity index (χ2n) is 3.32. The van der Waals surface area contributed by atoms with Crippen molar-refractivity contribution >= 4 is 11.9 Å². The van der Waals surface area contributed by atoms with Gasteiger partial charge in [0.15, 0.2) is 5.78 Å². The summed E-state index contributed by atoms with van der Waals surface area (Å²) in [6.45, 7) is 1.91. The van der Waals surface area contributed by atoms with Crippen molar-refractivity contribution in [1.29, 1.82) is 0 Å². The lowest BCUT2D eigenvalue weighted by Gasteiger charge is -1.96. The molecule has 0 spiro atoms. The Morgan fingerprint density at radius 1 is 1.38 bits per heavy atom. The predicted octanol–water partition coefficient (Wildman–Crippen LogP) is 2.61. The highest BCUT2D eigenvalue weighted by Gasteiger charge is 2.15. The zero-order valence-electron chi connectivity index (χ0n) is 7.71. The van der Waals surface area contributed by atoms with Crippen LogP contribution in [0, 0.1) is 0 Å².